The number of hydrogen-bond acceptors (Lipinski definition) is 4. The van der Waals surface area contributed by atoms with Crippen molar-refractivity contribution in [2.45, 2.75) is 17.5 Å². The summed E-state index contributed by atoms with van der Waals surface area (Å²) in [6.07, 6.45) is -5.18. The molecule has 0 atom stereocenters. The molecule has 0 aromatic heterocycles. The van der Waals surface area contributed by atoms with E-state index in [2.05, 4.69) is 4.74 Å². The van der Waals surface area contributed by atoms with Gasteiger partial charge in [-0.1, -0.05) is 11.6 Å². The van der Waals surface area contributed by atoms with Crippen LogP contribution in [0, 0.1) is 5.82 Å². The molecule has 0 aliphatic heterocycles. The van der Waals surface area contributed by atoms with E-state index in [1.54, 1.807) is 0 Å². The number of amides is 1. The Labute approximate surface area is 128 Å². The van der Waals surface area contributed by atoms with Crippen molar-refractivity contribution in [3.8, 4) is 0 Å². The molecule has 0 aliphatic rings. The maximum Gasteiger partial charge on any atom is 0.411 e. The highest BCUT2D eigenvalue weighted by Crippen LogP contribution is 2.19. The summed E-state index contributed by atoms with van der Waals surface area (Å²) in [5.74, 6) is -2.29. The Morgan fingerprint density at radius 2 is 1.95 bits per heavy atom. The molecule has 0 aliphatic carbocycles. The zero-order valence-corrected chi connectivity index (χ0v) is 12.4. The van der Waals surface area contributed by atoms with Crippen LogP contribution < -0.4 is 4.72 Å². The number of alkyl halides is 3. The van der Waals surface area contributed by atoms with Crippen molar-refractivity contribution in [2.24, 2.45) is 0 Å². The van der Waals surface area contributed by atoms with Crippen molar-refractivity contribution < 1.29 is 35.5 Å². The Morgan fingerprint density at radius 1 is 1.32 bits per heavy atom. The summed E-state index contributed by atoms with van der Waals surface area (Å²) in [5, 5.41) is -0.0386. The van der Waals surface area contributed by atoms with Crippen molar-refractivity contribution in [3.05, 3.63) is 29.0 Å². The van der Waals surface area contributed by atoms with Crippen LogP contribution in [0.2, 0.25) is 5.02 Å². The summed E-state index contributed by atoms with van der Waals surface area (Å²) in [7, 11) is -4.48. The minimum atomic E-state index is -4.55. The highest BCUT2D eigenvalue weighted by Gasteiger charge is 2.27. The van der Waals surface area contributed by atoms with Crippen molar-refractivity contribution in [1.82, 2.24) is 4.72 Å². The fourth-order valence-electron chi connectivity index (χ4n) is 1.30. The number of hydrogen-bond donors (Lipinski definition) is 1. The zero-order chi connectivity index (χ0) is 17.0. The number of nitrogens with one attached hydrogen (secondary N) is 1. The molecule has 1 aromatic carbocycles. The molecule has 0 radical (unpaired) electrons. The van der Waals surface area contributed by atoms with Crippen molar-refractivity contribution in [1.29, 1.82) is 0 Å². The van der Waals surface area contributed by atoms with Crippen LogP contribution in [0.5, 0.6) is 0 Å². The second-order valence-electron chi connectivity index (χ2n) is 4.02. The van der Waals surface area contributed by atoms with Gasteiger partial charge in [0.15, 0.2) is 0 Å². The quantitative estimate of drug-likeness (QED) is 0.621. The summed E-state index contributed by atoms with van der Waals surface area (Å²) in [4.78, 5) is 10.5. The lowest BCUT2D eigenvalue weighted by atomic mass is 10.3. The summed E-state index contributed by atoms with van der Waals surface area (Å²) in [6.45, 7) is -2.19. The molecular formula is C11H10ClF4NO4S. The fourth-order valence-corrected chi connectivity index (χ4v) is 2.54. The van der Waals surface area contributed by atoms with Gasteiger partial charge in [0.25, 0.3) is 10.0 Å². The first-order chi connectivity index (χ1) is 10.0. The maximum atomic E-state index is 13.5. The molecule has 1 N–H and O–H groups in total. The van der Waals surface area contributed by atoms with E-state index in [9.17, 15) is 30.8 Å². The fraction of sp³-hybridized carbons (Fsp3) is 0.364. The average Bonchev–Trinajstić information content (AvgIpc) is 2.32. The van der Waals surface area contributed by atoms with E-state index in [4.69, 9.17) is 11.6 Å². The third kappa shape index (κ3) is 6.16. The summed E-state index contributed by atoms with van der Waals surface area (Å²) < 4.78 is 77.9. The van der Waals surface area contributed by atoms with Crippen molar-refractivity contribution in [2.75, 3.05) is 13.2 Å². The Bertz CT molecular complexity index is 648. The zero-order valence-electron chi connectivity index (χ0n) is 10.8. The molecule has 22 heavy (non-hydrogen) atoms. The van der Waals surface area contributed by atoms with Gasteiger partial charge in [0.05, 0.1) is 13.0 Å². The molecule has 0 saturated carbocycles. The SMILES string of the molecule is O=C(CCOCC(F)(F)F)NS(=O)(=O)c1ccc(Cl)cc1F. The predicted octanol–water partition coefficient (Wildman–Crippen LogP) is 2.25. The Balaban J connectivity index is 2.59. The number of benzene rings is 1. The molecule has 0 heterocycles. The molecule has 1 rings (SSSR count). The van der Waals surface area contributed by atoms with Gasteiger partial charge in [-0.15, -0.1) is 0 Å². The van der Waals surface area contributed by atoms with Gasteiger partial charge < -0.3 is 4.74 Å². The number of halogens is 5. The van der Waals surface area contributed by atoms with Gasteiger partial charge >= 0.3 is 6.18 Å². The van der Waals surface area contributed by atoms with E-state index in [0.717, 1.165) is 18.2 Å². The molecule has 0 saturated heterocycles. The molecule has 124 valence electrons. The molecule has 1 aromatic rings. The van der Waals surface area contributed by atoms with Crippen molar-refractivity contribution in [3.63, 3.8) is 0 Å². The Kier molecular flexibility index (Phi) is 6.15. The van der Waals surface area contributed by atoms with E-state index < -0.39 is 52.5 Å². The first-order valence-corrected chi connectivity index (χ1v) is 7.52. The van der Waals surface area contributed by atoms with Crippen LogP contribution in [0.4, 0.5) is 17.6 Å². The van der Waals surface area contributed by atoms with E-state index in [1.807, 2.05) is 0 Å². The molecule has 0 fully saturated rings. The van der Waals surface area contributed by atoms with Crippen LogP contribution in [0.15, 0.2) is 23.1 Å². The van der Waals surface area contributed by atoms with Gasteiger partial charge in [-0.3, -0.25) is 4.79 Å². The summed E-state index contributed by atoms with van der Waals surface area (Å²) in [5.41, 5.74) is 0. The average molecular weight is 364 g/mol. The Morgan fingerprint density at radius 3 is 2.50 bits per heavy atom. The van der Waals surface area contributed by atoms with Gasteiger partial charge in [-0.25, -0.2) is 17.5 Å². The second kappa shape index (κ2) is 7.25. The van der Waals surface area contributed by atoms with Crippen LogP contribution in [0.25, 0.3) is 0 Å². The third-order valence-electron chi connectivity index (χ3n) is 2.17. The number of rotatable bonds is 6. The first-order valence-electron chi connectivity index (χ1n) is 5.66. The van der Waals surface area contributed by atoms with Gasteiger partial charge in [-0.2, -0.15) is 13.2 Å². The standard InChI is InChI=1S/C11H10ClF4NO4S/c12-7-1-2-9(8(13)5-7)22(19,20)17-10(18)3-4-21-6-11(14,15)16/h1-2,5H,3-4,6H2,(H,17,18). The number of carbonyl (C=O) groups excluding carboxylic acids is 1. The van der Waals surface area contributed by atoms with Gasteiger partial charge in [0, 0.05) is 5.02 Å². The third-order valence-corrected chi connectivity index (χ3v) is 3.81. The number of sulfonamides is 1. The molecular weight excluding hydrogens is 354 g/mol. The number of carbonyl (C=O) groups is 1. The van der Waals surface area contributed by atoms with Crippen LogP contribution in [-0.4, -0.2) is 33.7 Å². The molecule has 0 unspecified atom stereocenters. The summed E-state index contributed by atoms with van der Waals surface area (Å²) in [6, 6.07) is 2.70. The molecule has 0 spiro atoms. The van der Waals surface area contributed by atoms with Gasteiger partial charge in [0.2, 0.25) is 5.91 Å². The topological polar surface area (TPSA) is 72.5 Å². The van der Waals surface area contributed by atoms with E-state index in [0.29, 0.717) is 0 Å². The summed E-state index contributed by atoms with van der Waals surface area (Å²) >= 11 is 5.46. The monoisotopic (exact) mass is 363 g/mol. The largest absolute Gasteiger partial charge is 0.411 e. The second-order valence-corrected chi connectivity index (χ2v) is 6.11. The number of ether oxygens (including phenoxy) is 1. The smallest absolute Gasteiger partial charge is 0.372 e. The first kappa shape index (κ1) is 18.7. The minimum Gasteiger partial charge on any atom is -0.372 e. The van der Waals surface area contributed by atoms with E-state index in [-0.39, 0.29) is 5.02 Å². The lowest BCUT2D eigenvalue weighted by Crippen LogP contribution is -2.32. The van der Waals surface area contributed by atoms with E-state index in [1.165, 1.54) is 4.72 Å². The Hall–Kier alpha value is -1.39. The van der Waals surface area contributed by atoms with Crippen molar-refractivity contribution >= 4 is 27.5 Å². The highest BCUT2D eigenvalue weighted by atomic mass is 35.5. The predicted molar refractivity (Wildman–Crippen MR) is 68.2 cm³/mol. The van der Waals surface area contributed by atoms with Crippen LogP contribution in [-0.2, 0) is 19.6 Å². The lowest BCUT2D eigenvalue weighted by Gasteiger charge is -2.09. The molecule has 5 nitrogen and oxygen atoms in total. The van der Waals surface area contributed by atoms with Crippen LogP contribution in [0.3, 0.4) is 0 Å². The molecule has 11 heteroatoms. The highest BCUT2D eigenvalue weighted by molar-refractivity contribution is 7.90. The lowest BCUT2D eigenvalue weighted by molar-refractivity contribution is -0.174. The molecule has 0 bridgehead atoms. The molecule has 1 amide bonds. The van der Waals surface area contributed by atoms with Gasteiger partial charge in [0.1, 0.15) is 17.3 Å². The van der Waals surface area contributed by atoms with Crippen LogP contribution >= 0.6 is 11.6 Å². The van der Waals surface area contributed by atoms with Gasteiger partial charge in [-0.05, 0) is 18.2 Å². The maximum absolute atomic E-state index is 13.5. The van der Waals surface area contributed by atoms with Crippen LogP contribution in [0.1, 0.15) is 6.42 Å². The minimum absolute atomic E-state index is 0.0386. The normalized spacial score (nSPS) is 12.2. The van der Waals surface area contributed by atoms with E-state index >= 15 is 0 Å².